The third kappa shape index (κ3) is 5.80. The summed E-state index contributed by atoms with van der Waals surface area (Å²) in [5, 5.41) is 0. The first-order chi connectivity index (χ1) is 17.0. The molecule has 2 fully saturated rings. The van der Waals surface area contributed by atoms with Gasteiger partial charge in [0.25, 0.3) is 5.91 Å². The summed E-state index contributed by atoms with van der Waals surface area (Å²) in [6.45, 7) is 5.23. The fourth-order valence-corrected chi connectivity index (χ4v) is 5.21. The molecule has 4 rings (SSSR count). The molecule has 0 radical (unpaired) electrons. The van der Waals surface area contributed by atoms with E-state index in [1.54, 1.807) is 12.0 Å². The maximum absolute atomic E-state index is 14.1. The normalized spacial score (nSPS) is 19.6. The van der Waals surface area contributed by atoms with E-state index in [1.165, 1.54) is 18.4 Å². The Morgan fingerprint density at radius 2 is 1.66 bits per heavy atom. The highest BCUT2D eigenvalue weighted by atomic mass is 16.5. The van der Waals surface area contributed by atoms with Crippen LogP contribution in [0.2, 0.25) is 0 Å². The Balaban J connectivity index is 1.69. The number of piperazine rings is 1. The van der Waals surface area contributed by atoms with Gasteiger partial charge in [0, 0.05) is 12.6 Å². The lowest BCUT2D eigenvalue weighted by Gasteiger charge is -2.43. The average molecular weight is 479 g/mol. The van der Waals surface area contributed by atoms with E-state index in [2.05, 4.69) is 6.92 Å². The first-order valence-electron chi connectivity index (χ1n) is 13.0. The van der Waals surface area contributed by atoms with Crippen LogP contribution in [0.25, 0.3) is 0 Å². The maximum atomic E-state index is 14.1. The number of carbonyl (C=O) groups excluding carboxylic acids is 2. The molecule has 0 N–H and O–H groups in total. The minimum absolute atomic E-state index is 0.00731. The van der Waals surface area contributed by atoms with Crippen molar-refractivity contribution in [3.05, 3.63) is 59.2 Å². The lowest BCUT2D eigenvalue weighted by Crippen LogP contribution is -2.57. The zero-order valence-corrected chi connectivity index (χ0v) is 21.3. The molecule has 0 bridgehead atoms. The van der Waals surface area contributed by atoms with E-state index in [4.69, 9.17) is 9.47 Å². The number of methoxy groups -OCH3 is 1. The van der Waals surface area contributed by atoms with Crippen LogP contribution in [0, 0.1) is 6.92 Å². The molecule has 1 unspecified atom stereocenters. The molecule has 1 saturated heterocycles. The van der Waals surface area contributed by atoms with Crippen molar-refractivity contribution >= 4 is 11.8 Å². The molecule has 0 aromatic heterocycles. The summed E-state index contributed by atoms with van der Waals surface area (Å²) in [7, 11) is 1.60. The van der Waals surface area contributed by atoms with Crippen molar-refractivity contribution in [1.82, 2.24) is 9.80 Å². The predicted molar refractivity (Wildman–Crippen MR) is 136 cm³/mol. The Morgan fingerprint density at radius 1 is 0.943 bits per heavy atom. The van der Waals surface area contributed by atoms with Crippen LogP contribution in [0.15, 0.2) is 42.5 Å². The van der Waals surface area contributed by atoms with Crippen molar-refractivity contribution in [2.24, 2.45) is 0 Å². The van der Waals surface area contributed by atoms with Crippen molar-refractivity contribution < 1.29 is 19.1 Å². The minimum atomic E-state index is -0.685. The number of nitrogens with zero attached hydrogens (tertiary/aromatic N) is 2. The van der Waals surface area contributed by atoms with Crippen LogP contribution in [0.5, 0.6) is 11.5 Å². The fourth-order valence-electron chi connectivity index (χ4n) is 5.21. The van der Waals surface area contributed by atoms with Crippen LogP contribution in [0.3, 0.4) is 0 Å². The van der Waals surface area contributed by atoms with Gasteiger partial charge in [0.05, 0.1) is 13.7 Å². The highest BCUT2D eigenvalue weighted by Crippen LogP contribution is 2.37. The summed E-state index contributed by atoms with van der Waals surface area (Å²) >= 11 is 0. The van der Waals surface area contributed by atoms with Gasteiger partial charge in [0.1, 0.15) is 12.6 Å². The summed E-state index contributed by atoms with van der Waals surface area (Å²) in [5.41, 5.74) is 2.94. The number of aryl methyl sites for hydroxylation is 1. The molecule has 2 aliphatic rings. The Morgan fingerprint density at radius 3 is 2.31 bits per heavy atom. The van der Waals surface area contributed by atoms with Gasteiger partial charge in [-0.3, -0.25) is 9.59 Å². The number of hydrogen-bond donors (Lipinski definition) is 0. The van der Waals surface area contributed by atoms with Gasteiger partial charge in [0.2, 0.25) is 5.91 Å². The summed E-state index contributed by atoms with van der Waals surface area (Å²) in [6.07, 6.45) is 7.45. The summed E-state index contributed by atoms with van der Waals surface area (Å²) in [5.74, 6) is 1.23. The molecule has 6 nitrogen and oxygen atoms in total. The third-order valence-corrected chi connectivity index (χ3v) is 7.16. The van der Waals surface area contributed by atoms with Crippen molar-refractivity contribution in [3.63, 3.8) is 0 Å². The molecule has 0 spiro atoms. The Kier molecular flexibility index (Phi) is 8.32. The molecule has 2 aromatic carbocycles. The molecular weight excluding hydrogens is 440 g/mol. The molecule has 6 heteroatoms. The van der Waals surface area contributed by atoms with Crippen LogP contribution in [-0.4, -0.2) is 47.9 Å². The smallest absolute Gasteiger partial charge is 0.250 e. The SMILES string of the molecule is CCCOc1ccc(C2C(=O)N(C3CCCCCC3)CC(=O)N2Cc2ccc(C)cc2)cc1OC. The van der Waals surface area contributed by atoms with E-state index in [0.717, 1.165) is 43.2 Å². The second-order valence-electron chi connectivity index (χ2n) is 9.78. The number of carbonyl (C=O) groups is 2. The molecule has 1 aliphatic carbocycles. The molecule has 1 heterocycles. The van der Waals surface area contributed by atoms with E-state index in [1.807, 2.05) is 54.3 Å². The van der Waals surface area contributed by atoms with Crippen LogP contribution in [0.1, 0.15) is 74.6 Å². The van der Waals surface area contributed by atoms with Crippen LogP contribution < -0.4 is 9.47 Å². The van der Waals surface area contributed by atoms with Crippen molar-refractivity contribution in [2.75, 3.05) is 20.3 Å². The first kappa shape index (κ1) is 25.1. The second-order valence-corrected chi connectivity index (χ2v) is 9.78. The topological polar surface area (TPSA) is 59.1 Å². The number of hydrogen-bond acceptors (Lipinski definition) is 4. The highest BCUT2D eigenvalue weighted by Gasteiger charge is 2.43. The summed E-state index contributed by atoms with van der Waals surface area (Å²) in [4.78, 5) is 31.2. The minimum Gasteiger partial charge on any atom is -0.493 e. The van der Waals surface area contributed by atoms with Gasteiger partial charge in [-0.1, -0.05) is 68.5 Å². The third-order valence-electron chi connectivity index (χ3n) is 7.16. The molecule has 35 heavy (non-hydrogen) atoms. The number of benzene rings is 2. The molecular formula is C29H38N2O4. The molecule has 2 aromatic rings. The van der Waals surface area contributed by atoms with Gasteiger partial charge >= 0.3 is 0 Å². The second kappa shape index (κ2) is 11.6. The quantitative estimate of drug-likeness (QED) is 0.475. The summed E-state index contributed by atoms with van der Waals surface area (Å²) in [6, 6.07) is 13.2. The fraction of sp³-hybridized carbons (Fsp3) is 0.517. The van der Waals surface area contributed by atoms with Crippen LogP contribution in [0.4, 0.5) is 0 Å². The molecule has 1 aliphatic heterocycles. The molecule has 2 amide bonds. The van der Waals surface area contributed by atoms with Crippen molar-refractivity contribution in [3.8, 4) is 11.5 Å². The van der Waals surface area contributed by atoms with Crippen LogP contribution >= 0.6 is 0 Å². The molecule has 1 atom stereocenters. The summed E-state index contributed by atoms with van der Waals surface area (Å²) < 4.78 is 11.4. The number of ether oxygens (including phenoxy) is 2. The monoisotopic (exact) mass is 478 g/mol. The average Bonchev–Trinajstić information content (AvgIpc) is 3.16. The Bertz CT molecular complexity index is 1010. The highest BCUT2D eigenvalue weighted by molar-refractivity contribution is 5.96. The van der Waals surface area contributed by atoms with Crippen molar-refractivity contribution in [1.29, 1.82) is 0 Å². The first-order valence-corrected chi connectivity index (χ1v) is 13.0. The van der Waals surface area contributed by atoms with E-state index < -0.39 is 6.04 Å². The largest absolute Gasteiger partial charge is 0.493 e. The zero-order valence-electron chi connectivity index (χ0n) is 21.3. The Hall–Kier alpha value is -3.02. The van der Waals surface area contributed by atoms with E-state index in [0.29, 0.717) is 24.7 Å². The van der Waals surface area contributed by atoms with E-state index in [-0.39, 0.29) is 24.4 Å². The Labute approximate surface area is 209 Å². The predicted octanol–water partition coefficient (Wildman–Crippen LogP) is 5.43. The van der Waals surface area contributed by atoms with Crippen molar-refractivity contribution in [2.45, 2.75) is 77.4 Å². The zero-order chi connectivity index (χ0) is 24.8. The lowest BCUT2D eigenvalue weighted by molar-refractivity contribution is -0.159. The number of amides is 2. The maximum Gasteiger partial charge on any atom is 0.250 e. The molecule has 1 saturated carbocycles. The molecule has 188 valence electrons. The van der Waals surface area contributed by atoms with Gasteiger partial charge < -0.3 is 19.3 Å². The van der Waals surface area contributed by atoms with E-state index in [9.17, 15) is 9.59 Å². The number of rotatable bonds is 8. The van der Waals surface area contributed by atoms with Gasteiger partial charge in [-0.25, -0.2) is 0 Å². The van der Waals surface area contributed by atoms with E-state index >= 15 is 0 Å². The van der Waals surface area contributed by atoms with Gasteiger partial charge in [0.15, 0.2) is 11.5 Å². The standard InChI is InChI=1S/C29H38N2O4/c1-4-17-35-25-16-15-23(18-26(25)34-3)28-29(33)30(24-9-7-5-6-8-10-24)20-27(32)31(28)19-22-13-11-21(2)12-14-22/h11-16,18,24,28H,4-10,17,19-20H2,1-3H3. The van der Waals surface area contributed by atoms with Gasteiger partial charge in [-0.2, -0.15) is 0 Å². The lowest BCUT2D eigenvalue weighted by atomic mass is 9.96. The van der Waals surface area contributed by atoms with Gasteiger partial charge in [-0.15, -0.1) is 0 Å². The van der Waals surface area contributed by atoms with Crippen LogP contribution in [-0.2, 0) is 16.1 Å². The van der Waals surface area contributed by atoms with Gasteiger partial charge in [-0.05, 0) is 49.4 Å².